The molecule has 0 aliphatic carbocycles. The summed E-state index contributed by atoms with van der Waals surface area (Å²) in [7, 11) is -4.09. The molecular formula is C9H13Cl3O4S. The standard InChI is InChI=1S/C8H10O4S.CH2Cl2.ClH/c1-2-12-7-3-5-8(6-4-7)13(9,10)11;2-1-3;/h3-6H,2H2,1H3,(H,9,10,11);1H2;1H. The van der Waals surface area contributed by atoms with E-state index in [0.717, 1.165) is 0 Å². The lowest BCUT2D eigenvalue weighted by atomic mass is 10.3. The highest BCUT2D eigenvalue weighted by Gasteiger charge is 2.08. The molecule has 0 bridgehead atoms. The van der Waals surface area contributed by atoms with Gasteiger partial charge in [-0.2, -0.15) is 8.42 Å². The van der Waals surface area contributed by atoms with Crippen LogP contribution in [-0.2, 0) is 10.1 Å². The summed E-state index contributed by atoms with van der Waals surface area (Å²) in [5.41, 5.74) is 0. The van der Waals surface area contributed by atoms with Crippen LogP contribution in [0.1, 0.15) is 6.92 Å². The fourth-order valence-corrected chi connectivity index (χ4v) is 1.35. The number of rotatable bonds is 3. The van der Waals surface area contributed by atoms with Crippen molar-refractivity contribution in [3.63, 3.8) is 0 Å². The minimum Gasteiger partial charge on any atom is -0.494 e. The summed E-state index contributed by atoms with van der Waals surface area (Å²) in [6.07, 6.45) is 0. The first-order valence-corrected chi connectivity index (χ1v) is 6.78. The average molecular weight is 324 g/mol. The van der Waals surface area contributed by atoms with Crippen molar-refractivity contribution in [2.45, 2.75) is 11.8 Å². The molecule has 0 aliphatic rings. The number of benzene rings is 1. The number of halogens is 3. The van der Waals surface area contributed by atoms with Gasteiger partial charge in [0.15, 0.2) is 0 Å². The van der Waals surface area contributed by atoms with Crippen LogP contribution in [0.25, 0.3) is 0 Å². The van der Waals surface area contributed by atoms with E-state index in [1.54, 1.807) is 0 Å². The minimum absolute atomic E-state index is 0. The van der Waals surface area contributed by atoms with Gasteiger partial charge in [0.1, 0.15) is 5.75 Å². The molecule has 0 fully saturated rings. The molecule has 0 saturated carbocycles. The highest BCUT2D eigenvalue weighted by atomic mass is 35.5. The van der Waals surface area contributed by atoms with Crippen molar-refractivity contribution in [1.29, 1.82) is 0 Å². The van der Waals surface area contributed by atoms with Gasteiger partial charge in [-0.05, 0) is 31.2 Å². The smallest absolute Gasteiger partial charge is 0.294 e. The molecule has 0 amide bonds. The second kappa shape index (κ2) is 9.79. The van der Waals surface area contributed by atoms with Gasteiger partial charge in [0.2, 0.25) is 0 Å². The summed E-state index contributed by atoms with van der Waals surface area (Å²) in [6.45, 7) is 2.35. The van der Waals surface area contributed by atoms with Gasteiger partial charge in [0, 0.05) is 0 Å². The molecule has 0 saturated heterocycles. The number of alkyl halides is 2. The summed E-state index contributed by atoms with van der Waals surface area (Å²) in [4.78, 5) is -0.129. The Bertz CT molecular complexity index is 391. The predicted molar refractivity (Wildman–Crippen MR) is 71.2 cm³/mol. The molecular weight excluding hydrogens is 311 g/mol. The molecule has 0 radical (unpaired) electrons. The van der Waals surface area contributed by atoms with Gasteiger partial charge in [0.05, 0.1) is 16.8 Å². The summed E-state index contributed by atoms with van der Waals surface area (Å²) in [5, 5.41) is 0.194. The molecule has 1 aromatic carbocycles. The van der Waals surface area contributed by atoms with Crippen LogP contribution in [-0.4, -0.2) is 24.9 Å². The zero-order chi connectivity index (χ0) is 12.6. The van der Waals surface area contributed by atoms with E-state index >= 15 is 0 Å². The van der Waals surface area contributed by atoms with Gasteiger partial charge in [-0.25, -0.2) is 0 Å². The van der Waals surface area contributed by atoms with Crippen LogP contribution in [0, 0.1) is 0 Å². The van der Waals surface area contributed by atoms with Crippen molar-refractivity contribution in [3.8, 4) is 5.75 Å². The van der Waals surface area contributed by atoms with Crippen LogP contribution < -0.4 is 4.74 Å². The first-order chi connectivity index (χ1) is 7.45. The van der Waals surface area contributed by atoms with Crippen LogP contribution in [0.5, 0.6) is 5.75 Å². The monoisotopic (exact) mass is 322 g/mol. The number of hydrogen-bond acceptors (Lipinski definition) is 3. The van der Waals surface area contributed by atoms with Crippen LogP contribution in [0.4, 0.5) is 0 Å². The van der Waals surface area contributed by atoms with E-state index in [4.69, 9.17) is 32.5 Å². The molecule has 0 atom stereocenters. The van der Waals surface area contributed by atoms with E-state index < -0.39 is 10.1 Å². The molecule has 1 N–H and O–H groups in total. The van der Waals surface area contributed by atoms with E-state index in [9.17, 15) is 8.42 Å². The van der Waals surface area contributed by atoms with Gasteiger partial charge in [-0.1, -0.05) is 0 Å². The van der Waals surface area contributed by atoms with E-state index in [2.05, 4.69) is 0 Å². The van der Waals surface area contributed by atoms with Crippen LogP contribution in [0.2, 0.25) is 0 Å². The van der Waals surface area contributed by atoms with E-state index in [1.807, 2.05) is 6.92 Å². The highest BCUT2D eigenvalue weighted by Crippen LogP contribution is 2.15. The molecule has 100 valence electrons. The van der Waals surface area contributed by atoms with Gasteiger partial charge < -0.3 is 4.74 Å². The zero-order valence-corrected chi connectivity index (χ0v) is 12.1. The first-order valence-electron chi connectivity index (χ1n) is 4.28. The van der Waals surface area contributed by atoms with Crippen molar-refractivity contribution in [3.05, 3.63) is 24.3 Å². The third kappa shape index (κ3) is 8.51. The van der Waals surface area contributed by atoms with Crippen molar-refractivity contribution in [2.75, 3.05) is 11.9 Å². The van der Waals surface area contributed by atoms with Gasteiger partial charge >= 0.3 is 0 Å². The molecule has 0 spiro atoms. The molecule has 0 unspecified atom stereocenters. The van der Waals surface area contributed by atoms with E-state index in [0.29, 0.717) is 12.4 Å². The maximum absolute atomic E-state index is 10.6. The summed E-state index contributed by atoms with van der Waals surface area (Å²) >= 11 is 9.53. The highest BCUT2D eigenvalue weighted by molar-refractivity contribution is 7.85. The Labute approximate surface area is 117 Å². The maximum atomic E-state index is 10.6. The topological polar surface area (TPSA) is 63.6 Å². The third-order valence-electron chi connectivity index (χ3n) is 1.43. The van der Waals surface area contributed by atoms with Crippen molar-refractivity contribution >= 4 is 45.7 Å². The zero-order valence-electron chi connectivity index (χ0n) is 8.97. The Morgan fingerprint density at radius 3 is 1.94 bits per heavy atom. The molecule has 0 aromatic heterocycles. The second-order valence-corrected chi connectivity index (χ2v) is 4.71. The van der Waals surface area contributed by atoms with Crippen molar-refractivity contribution < 1.29 is 17.7 Å². The van der Waals surface area contributed by atoms with Crippen molar-refractivity contribution in [1.82, 2.24) is 0 Å². The SMILES string of the molecule is CCOc1ccc(S(=O)(=O)O)cc1.Cl.ClCCl. The molecule has 4 nitrogen and oxygen atoms in total. The fraction of sp³-hybridized carbons (Fsp3) is 0.333. The van der Waals surface area contributed by atoms with Crippen LogP contribution in [0.3, 0.4) is 0 Å². The Morgan fingerprint density at radius 1 is 1.24 bits per heavy atom. The molecule has 8 heteroatoms. The molecule has 0 heterocycles. The molecule has 0 aliphatic heterocycles. The summed E-state index contributed by atoms with van der Waals surface area (Å²) in [5.74, 6) is 0.579. The lowest BCUT2D eigenvalue weighted by Crippen LogP contribution is -1.98. The molecule has 1 rings (SSSR count). The van der Waals surface area contributed by atoms with Crippen molar-refractivity contribution in [2.24, 2.45) is 0 Å². The third-order valence-corrected chi connectivity index (χ3v) is 2.30. The molecule has 17 heavy (non-hydrogen) atoms. The maximum Gasteiger partial charge on any atom is 0.294 e. The Balaban J connectivity index is 0. The quantitative estimate of drug-likeness (QED) is 0.685. The molecule has 1 aromatic rings. The lowest BCUT2D eigenvalue weighted by Gasteiger charge is -2.02. The first kappa shape index (κ1) is 19.1. The Kier molecular flexibility index (Phi) is 11.0. The summed E-state index contributed by atoms with van der Waals surface area (Å²) < 4.78 is 35.0. The Hall–Kier alpha value is -0.200. The average Bonchev–Trinajstić information content (AvgIpc) is 2.19. The minimum atomic E-state index is -4.09. The number of ether oxygens (including phenoxy) is 1. The second-order valence-electron chi connectivity index (χ2n) is 2.48. The summed E-state index contributed by atoms with van der Waals surface area (Å²) in [6, 6.07) is 5.57. The Morgan fingerprint density at radius 2 is 1.65 bits per heavy atom. The van der Waals surface area contributed by atoms with Gasteiger partial charge in [-0.3, -0.25) is 4.55 Å². The predicted octanol–water partition coefficient (Wildman–Crippen LogP) is 3.18. The van der Waals surface area contributed by atoms with Crippen LogP contribution >= 0.6 is 35.6 Å². The van der Waals surface area contributed by atoms with E-state index in [-0.39, 0.29) is 22.6 Å². The normalized spacial score (nSPS) is 9.65. The largest absolute Gasteiger partial charge is 0.494 e. The van der Waals surface area contributed by atoms with Gasteiger partial charge in [0.25, 0.3) is 10.1 Å². The number of hydrogen-bond donors (Lipinski definition) is 1. The lowest BCUT2D eigenvalue weighted by molar-refractivity contribution is 0.340. The fourth-order valence-electron chi connectivity index (χ4n) is 0.875. The van der Waals surface area contributed by atoms with Crippen LogP contribution in [0.15, 0.2) is 29.2 Å². The van der Waals surface area contributed by atoms with E-state index in [1.165, 1.54) is 24.3 Å². The van der Waals surface area contributed by atoms with Gasteiger partial charge in [-0.15, -0.1) is 35.6 Å².